The van der Waals surface area contributed by atoms with E-state index in [1.165, 1.54) is 6.07 Å². The molecule has 1 atom stereocenters. The molecule has 1 aromatic rings. The highest BCUT2D eigenvalue weighted by molar-refractivity contribution is 6.33. The molecule has 0 N–H and O–H groups in total. The zero-order chi connectivity index (χ0) is 13.1. The average Bonchev–Trinajstić information content (AvgIpc) is 2.37. The second-order valence-electron chi connectivity index (χ2n) is 4.40. The summed E-state index contributed by atoms with van der Waals surface area (Å²) in [6, 6.07) is 1.52. The van der Waals surface area contributed by atoms with Crippen LogP contribution in [0.2, 0.25) is 10.3 Å². The predicted octanol–water partition coefficient (Wildman–Crippen LogP) is 2.90. The summed E-state index contributed by atoms with van der Waals surface area (Å²) in [5.41, 5.74) is 0. The number of hydrogen-bond acceptors (Lipinski definition) is 3. The molecule has 2 heterocycles. The molecule has 18 heavy (non-hydrogen) atoms. The van der Waals surface area contributed by atoms with Crippen molar-refractivity contribution in [2.75, 3.05) is 13.1 Å². The van der Waals surface area contributed by atoms with Crippen molar-refractivity contribution in [2.24, 2.45) is 0 Å². The molecule has 1 aromatic heterocycles. The molecule has 4 nitrogen and oxygen atoms in total. The molecule has 0 aliphatic carbocycles. The van der Waals surface area contributed by atoms with Gasteiger partial charge < -0.3 is 4.90 Å². The minimum atomic E-state index is 0.130. The first-order valence-electron chi connectivity index (χ1n) is 6.08. The summed E-state index contributed by atoms with van der Waals surface area (Å²) in [4.78, 5) is 22.0. The zero-order valence-electron chi connectivity index (χ0n) is 10.2. The molecular formula is C12H15Cl2N3O. The maximum absolute atomic E-state index is 11.7. The first-order valence-corrected chi connectivity index (χ1v) is 6.83. The summed E-state index contributed by atoms with van der Waals surface area (Å²) in [6.45, 7) is 3.35. The Morgan fingerprint density at radius 1 is 1.44 bits per heavy atom. The lowest BCUT2D eigenvalue weighted by molar-refractivity contribution is -0.132. The Balaban J connectivity index is 2.15. The van der Waals surface area contributed by atoms with Crippen molar-refractivity contribution in [1.82, 2.24) is 14.9 Å². The summed E-state index contributed by atoms with van der Waals surface area (Å²) in [5, 5.41) is 0.702. The van der Waals surface area contributed by atoms with Crippen LogP contribution in [0.1, 0.15) is 37.9 Å². The van der Waals surface area contributed by atoms with Gasteiger partial charge in [0, 0.05) is 31.5 Å². The molecular weight excluding hydrogens is 273 g/mol. The molecule has 0 saturated carbocycles. The molecule has 1 saturated heterocycles. The molecule has 0 aromatic carbocycles. The number of hydrogen-bond donors (Lipinski definition) is 0. The Kier molecular flexibility index (Phi) is 4.40. The van der Waals surface area contributed by atoms with Crippen LogP contribution in [0, 0.1) is 0 Å². The van der Waals surface area contributed by atoms with E-state index < -0.39 is 0 Å². The van der Waals surface area contributed by atoms with Crippen LogP contribution in [0.15, 0.2) is 6.07 Å². The predicted molar refractivity (Wildman–Crippen MR) is 70.9 cm³/mol. The summed E-state index contributed by atoms with van der Waals surface area (Å²) >= 11 is 11.8. The van der Waals surface area contributed by atoms with E-state index in [4.69, 9.17) is 23.2 Å². The van der Waals surface area contributed by atoms with Gasteiger partial charge in [-0.1, -0.05) is 30.1 Å². The summed E-state index contributed by atoms with van der Waals surface area (Å²) in [7, 11) is 0. The van der Waals surface area contributed by atoms with Crippen molar-refractivity contribution in [2.45, 2.75) is 32.1 Å². The Morgan fingerprint density at radius 3 is 2.72 bits per heavy atom. The van der Waals surface area contributed by atoms with Gasteiger partial charge >= 0.3 is 0 Å². The van der Waals surface area contributed by atoms with Crippen molar-refractivity contribution >= 4 is 29.1 Å². The third-order valence-corrected chi connectivity index (χ3v) is 3.51. The number of rotatable bonds is 2. The molecule has 1 amide bonds. The van der Waals surface area contributed by atoms with Gasteiger partial charge in [0.15, 0.2) is 0 Å². The normalized spacial score (nSPS) is 19.9. The molecule has 1 fully saturated rings. The van der Waals surface area contributed by atoms with Gasteiger partial charge in [-0.05, 0) is 12.8 Å². The van der Waals surface area contributed by atoms with Crippen LogP contribution >= 0.6 is 23.2 Å². The van der Waals surface area contributed by atoms with Gasteiger partial charge in [0.2, 0.25) is 5.91 Å². The molecule has 1 aliphatic rings. The van der Waals surface area contributed by atoms with Crippen LogP contribution in [0.3, 0.4) is 0 Å². The summed E-state index contributed by atoms with van der Waals surface area (Å²) < 4.78 is 0. The Morgan fingerprint density at radius 2 is 2.11 bits per heavy atom. The number of piperidine rings is 1. The number of halogens is 2. The monoisotopic (exact) mass is 287 g/mol. The van der Waals surface area contributed by atoms with Crippen LogP contribution < -0.4 is 0 Å². The number of carbonyl (C=O) groups is 1. The molecule has 6 heteroatoms. The molecule has 98 valence electrons. The molecule has 1 aliphatic heterocycles. The van der Waals surface area contributed by atoms with Crippen molar-refractivity contribution in [3.63, 3.8) is 0 Å². The van der Waals surface area contributed by atoms with E-state index in [1.54, 1.807) is 0 Å². The molecule has 0 radical (unpaired) electrons. The third-order valence-electron chi connectivity index (χ3n) is 3.12. The van der Waals surface area contributed by atoms with Gasteiger partial charge in [-0.2, -0.15) is 0 Å². The average molecular weight is 288 g/mol. The van der Waals surface area contributed by atoms with Crippen LogP contribution in [0.25, 0.3) is 0 Å². The van der Waals surface area contributed by atoms with E-state index in [0.29, 0.717) is 29.1 Å². The topological polar surface area (TPSA) is 46.1 Å². The van der Waals surface area contributed by atoms with E-state index in [0.717, 1.165) is 19.4 Å². The van der Waals surface area contributed by atoms with E-state index in [1.807, 2.05) is 11.8 Å². The van der Waals surface area contributed by atoms with Crippen molar-refractivity contribution < 1.29 is 4.79 Å². The molecule has 1 unspecified atom stereocenters. The smallest absolute Gasteiger partial charge is 0.222 e. The van der Waals surface area contributed by atoms with Crippen molar-refractivity contribution in [1.29, 1.82) is 0 Å². The third kappa shape index (κ3) is 3.12. The van der Waals surface area contributed by atoms with E-state index in [2.05, 4.69) is 9.97 Å². The Hall–Kier alpha value is -0.870. The fourth-order valence-electron chi connectivity index (χ4n) is 2.23. The lowest BCUT2D eigenvalue weighted by Crippen LogP contribution is -2.39. The molecule has 2 rings (SSSR count). The Labute approximate surface area is 116 Å². The Bertz CT molecular complexity index is 433. The number of likely N-dealkylation sites (tertiary alicyclic amines) is 1. The minimum absolute atomic E-state index is 0.130. The second-order valence-corrected chi connectivity index (χ2v) is 5.18. The van der Waals surface area contributed by atoms with E-state index in [-0.39, 0.29) is 11.8 Å². The fourth-order valence-corrected chi connectivity index (χ4v) is 2.66. The van der Waals surface area contributed by atoms with Gasteiger partial charge in [0.25, 0.3) is 0 Å². The van der Waals surface area contributed by atoms with Crippen molar-refractivity contribution in [3.05, 3.63) is 22.2 Å². The standard InChI is InChI=1S/C12H15Cl2N3O/c1-2-11(18)17-5-3-4-8(7-17)12-15-9(13)6-10(14)16-12/h6,8H,2-5,7H2,1H3. The van der Waals surface area contributed by atoms with Gasteiger partial charge in [-0.15, -0.1) is 0 Å². The SMILES string of the molecule is CCC(=O)N1CCCC(c2nc(Cl)cc(Cl)n2)C1. The van der Waals surface area contributed by atoms with Gasteiger partial charge in [-0.3, -0.25) is 4.79 Å². The summed E-state index contributed by atoms with van der Waals surface area (Å²) in [5.74, 6) is 0.944. The van der Waals surface area contributed by atoms with Crippen LogP contribution in [-0.4, -0.2) is 33.9 Å². The quantitative estimate of drug-likeness (QED) is 0.786. The zero-order valence-corrected chi connectivity index (χ0v) is 11.7. The van der Waals surface area contributed by atoms with Gasteiger partial charge in [-0.25, -0.2) is 9.97 Å². The maximum atomic E-state index is 11.7. The number of amides is 1. The lowest BCUT2D eigenvalue weighted by atomic mass is 9.97. The largest absolute Gasteiger partial charge is 0.342 e. The van der Waals surface area contributed by atoms with Crippen LogP contribution in [0.5, 0.6) is 0 Å². The van der Waals surface area contributed by atoms with Crippen LogP contribution in [-0.2, 0) is 4.79 Å². The molecule has 0 bridgehead atoms. The fraction of sp³-hybridized carbons (Fsp3) is 0.583. The minimum Gasteiger partial charge on any atom is -0.342 e. The second kappa shape index (κ2) is 5.85. The van der Waals surface area contributed by atoms with E-state index in [9.17, 15) is 4.79 Å². The highest BCUT2D eigenvalue weighted by Gasteiger charge is 2.26. The summed E-state index contributed by atoms with van der Waals surface area (Å²) in [6.07, 6.45) is 2.46. The molecule has 0 spiro atoms. The van der Waals surface area contributed by atoms with Crippen molar-refractivity contribution in [3.8, 4) is 0 Å². The van der Waals surface area contributed by atoms with E-state index >= 15 is 0 Å². The maximum Gasteiger partial charge on any atom is 0.222 e. The number of nitrogens with zero attached hydrogens (tertiary/aromatic N) is 3. The first kappa shape index (κ1) is 13.6. The number of aromatic nitrogens is 2. The van der Waals surface area contributed by atoms with Gasteiger partial charge in [0.05, 0.1) is 0 Å². The highest BCUT2D eigenvalue weighted by Crippen LogP contribution is 2.26. The van der Waals surface area contributed by atoms with Crippen LogP contribution in [0.4, 0.5) is 0 Å². The lowest BCUT2D eigenvalue weighted by Gasteiger charge is -2.31. The first-order chi connectivity index (χ1) is 8.60. The van der Waals surface area contributed by atoms with Gasteiger partial charge in [0.1, 0.15) is 16.1 Å². The number of carbonyl (C=O) groups excluding carboxylic acids is 1. The highest BCUT2D eigenvalue weighted by atomic mass is 35.5.